The first-order chi connectivity index (χ1) is 12.6. The SMILES string of the molecule is COc1cccc(C2=NOC(C(=O)NC3CCc4ncc(Br)n4C3)C2)c1. The third kappa shape index (κ3) is 3.33. The second-order valence-electron chi connectivity index (χ2n) is 6.42. The van der Waals surface area contributed by atoms with E-state index in [1.807, 2.05) is 24.3 Å². The van der Waals surface area contributed by atoms with Crippen molar-refractivity contribution in [2.75, 3.05) is 7.11 Å². The number of hydrogen-bond donors (Lipinski definition) is 1. The first kappa shape index (κ1) is 17.1. The Kier molecular flexibility index (Phi) is 4.67. The number of nitrogens with one attached hydrogen (secondary N) is 1. The molecule has 3 heterocycles. The van der Waals surface area contributed by atoms with Crippen molar-refractivity contribution < 1.29 is 14.4 Å². The number of rotatable bonds is 4. The molecule has 0 aliphatic carbocycles. The Hall–Kier alpha value is -2.35. The Labute approximate surface area is 159 Å². The molecule has 0 bridgehead atoms. The van der Waals surface area contributed by atoms with Crippen LogP contribution in [0, 0.1) is 0 Å². The van der Waals surface area contributed by atoms with E-state index in [9.17, 15) is 4.79 Å². The molecular weight excluding hydrogens is 400 g/mol. The highest BCUT2D eigenvalue weighted by molar-refractivity contribution is 9.10. The van der Waals surface area contributed by atoms with Gasteiger partial charge in [0.05, 0.1) is 19.0 Å². The summed E-state index contributed by atoms with van der Waals surface area (Å²) >= 11 is 3.49. The maximum Gasteiger partial charge on any atom is 0.264 e. The number of aryl methyl sites for hydroxylation is 1. The lowest BCUT2D eigenvalue weighted by Gasteiger charge is -2.26. The van der Waals surface area contributed by atoms with Crippen LogP contribution in [0.25, 0.3) is 0 Å². The third-order valence-electron chi connectivity index (χ3n) is 4.72. The van der Waals surface area contributed by atoms with Crippen molar-refractivity contribution in [2.45, 2.75) is 38.0 Å². The van der Waals surface area contributed by atoms with E-state index in [0.29, 0.717) is 13.0 Å². The fourth-order valence-electron chi connectivity index (χ4n) is 3.30. The van der Waals surface area contributed by atoms with E-state index in [1.54, 1.807) is 13.3 Å². The molecule has 136 valence electrons. The molecule has 26 heavy (non-hydrogen) atoms. The fraction of sp³-hybridized carbons (Fsp3) is 0.389. The lowest BCUT2D eigenvalue weighted by atomic mass is 10.0. The van der Waals surface area contributed by atoms with Crippen LogP contribution in [-0.2, 0) is 22.6 Å². The lowest BCUT2D eigenvalue weighted by Crippen LogP contribution is -2.45. The highest BCUT2D eigenvalue weighted by atomic mass is 79.9. The smallest absolute Gasteiger partial charge is 0.264 e. The molecule has 2 aliphatic rings. The van der Waals surface area contributed by atoms with Crippen molar-refractivity contribution in [1.29, 1.82) is 0 Å². The van der Waals surface area contributed by atoms with Gasteiger partial charge in [0, 0.05) is 31.0 Å². The molecule has 2 aromatic rings. The van der Waals surface area contributed by atoms with Gasteiger partial charge >= 0.3 is 0 Å². The monoisotopic (exact) mass is 418 g/mol. The van der Waals surface area contributed by atoms with Crippen LogP contribution >= 0.6 is 15.9 Å². The predicted molar refractivity (Wildman–Crippen MR) is 99.2 cm³/mol. The first-order valence-electron chi connectivity index (χ1n) is 8.51. The summed E-state index contributed by atoms with van der Waals surface area (Å²) in [6.45, 7) is 0.706. The summed E-state index contributed by atoms with van der Waals surface area (Å²) in [6, 6.07) is 7.65. The minimum atomic E-state index is -0.594. The Morgan fingerprint density at radius 2 is 2.35 bits per heavy atom. The van der Waals surface area contributed by atoms with Crippen molar-refractivity contribution in [3.63, 3.8) is 0 Å². The van der Waals surface area contributed by atoms with Crippen LogP contribution in [0.3, 0.4) is 0 Å². The standard InChI is InChI=1S/C18H19BrN4O3/c1-25-13-4-2-3-11(7-13)14-8-15(26-22-14)18(24)21-12-5-6-17-20-9-16(19)23(17)10-12/h2-4,7,9,12,15H,5-6,8,10H2,1H3,(H,21,24). The number of hydrogen-bond acceptors (Lipinski definition) is 5. The quantitative estimate of drug-likeness (QED) is 0.825. The molecule has 0 radical (unpaired) electrons. The van der Waals surface area contributed by atoms with Crippen molar-refractivity contribution in [2.24, 2.45) is 5.16 Å². The molecule has 0 saturated carbocycles. The number of ether oxygens (including phenoxy) is 1. The summed E-state index contributed by atoms with van der Waals surface area (Å²) in [4.78, 5) is 22.3. The summed E-state index contributed by atoms with van der Waals surface area (Å²) in [5.74, 6) is 1.67. The van der Waals surface area contributed by atoms with E-state index >= 15 is 0 Å². The fourth-order valence-corrected chi connectivity index (χ4v) is 3.75. The zero-order chi connectivity index (χ0) is 18.1. The summed E-state index contributed by atoms with van der Waals surface area (Å²) < 4.78 is 8.26. The average molecular weight is 419 g/mol. The molecule has 8 heteroatoms. The van der Waals surface area contributed by atoms with Gasteiger partial charge in [-0.25, -0.2) is 4.98 Å². The Bertz CT molecular complexity index is 864. The lowest BCUT2D eigenvalue weighted by molar-refractivity contribution is -0.132. The number of halogens is 1. The van der Waals surface area contributed by atoms with Gasteiger partial charge in [-0.1, -0.05) is 17.3 Å². The van der Waals surface area contributed by atoms with Gasteiger partial charge in [0.1, 0.15) is 16.2 Å². The first-order valence-corrected chi connectivity index (χ1v) is 9.30. The van der Waals surface area contributed by atoms with Gasteiger partial charge in [-0.3, -0.25) is 4.79 Å². The Morgan fingerprint density at radius 3 is 3.19 bits per heavy atom. The normalized spacial score (nSPS) is 21.5. The molecule has 0 spiro atoms. The summed E-state index contributed by atoms with van der Waals surface area (Å²) in [6.07, 6.45) is 3.36. The van der Waals surface area contributed by atoms with Crippen molar-refractivity contribution >= 4 is 27.5 Å². The Morgan fingerprint density at radius 1 is 1.46 bits per heavy atom. The molecule has 1 aromatic carbocycles. The minimum absolute atomic E-state index is 0.0602. The van der Waals surface area contributed by atoms with Gasteiger partial charge in [-0.15, -0.1) is 0 Å². The second kappa shape index (κ2) is 7.11. The molecule has 2 aliphatic heterocycles. The molecule has 1 N–H and O–H groups in total. The van der Waals surface area contributed by atoms with Gasteiger partial charge in [0.2, 0.25) is 6.10 Å². The highest BCUT2D eigenvalue weighted by Crippen LogP contribution is 2.23. The number of oxime groups is 1. The maximum atomic E-state index is 12.6. The third-order valence-corrected chi connectivity index (χ3v) is 5.35. The number of benzene rings is 1. The number of carbonyl (C=O) groups is 1. The van der Waals surface area contributed by atoms with Crippen molar-refractivity contribution in [3.8, 4) is 5.75 Å². The second-order valence-corrected chi connectivity index (χ2v) is 7.23. The zero-order valence-corrected chi connectivity index (χ0v) is 15.9. The summed E-state index contributed by atoms with van der Waals surface area (Å²) in [5, 5.41) is 7.18. The molecule has 1 amide bonds. The van der Waals surface area contributed by atoms with Crippen LogP contribution in [0.15, 0.2) is 40.2 Å². The molecule has 2 unspecified atom stereocenters. The van der Waals surface area contributed by atoms with Crippen LogP contribution in [0.5, 0.6) is 5.75 Å². The topological polar surface area (TPSA) is 77.7 Å². The molecule has 0 saturated heterocycles. The van der Waals surface area contributed by atoms with Crippen LogP contribution < -0.4 is 10.1 Å². The molecule has 0 fully saturated rings. The van der Waals surface area contributed by atoms with E-state index in [2.05, 4.69) is 36.0 Å². The van der Waals surface area contributed by atoms with E-state index in [1.165, 1.54) is 0 Å². The highest BCUT2D eigenvalue weighted by Gasteiger charge is 2.31. The number of amides is 1. The maximum absolute atomic E-state index is 12.6. The summed E-state index contributed by atoms with van der Waals surface area (Å²) in [7, 11) is 1.62. The van der Waals surface area contributed by atoms with E-state index in [4.69, 9.17) is 9.57 Å². The van der Waals surface area contributed by atoms with Gasteiger partial charge in [0.15, 0.2) is 0 Å². The molecule has 7 nitrogen and oxygen atoms in total. The predicted octanol–water partition coefficient (Wildman–Crippen LogP) is 2.28. The van der Waals surface area contributed by atoms with Crippen LogP contribution in [0.1, 0.15) is 24.2 Å². The van der Waals surface area contributed by atoms with Crippen LogP contribution in [0.2, 0.25) is 0 Å². The number of imidazole rings is 1. The average Bonchev–Trinajstić information content (AvgIpc) is 3.30. The molecule has 2 atom stereocenters. The van der Waals surface area contributed by atoms with Gasteiger partial charge in [-0.2, -0.15) is 0 Å². The van der Waals surface area contributed by atoms with E-state index in [0.717, 1.165) is 40.3 Å². The van der Waals surface area contributed by atoms with E-state index in [-0.39, 0.29) is 11.9 Å². The Balaban J connectivity index is 1.36. The minimum Gasteiger partial charge on any atom is -0.497 e. The van der Waals surface area contributed by atoms with Gasteiger partial charge in [0.25, 0.3) is 5.91 Å². The molecule has 4 rings (SSSR count). The molecular formula is C18H19BrN4O3. The van der Waals surface area contributed by atoms with Crippen LogP contribution in [0.4, 0.5) is 0 Å². The van der Waals surface area contributed by atoms with E-state index < -0.39 is 6.10 Å². The van der Waals surface area contributed by atoms with Gasteiger partial charge in [-0.05, 0) is 34.5 Å². The van der Waals surface area contributed by atoms with Gasteiger partial charge < -0.3 is 19.5 Å². The van der Waals surface area contributed by atoms with Crippen molar-refractivity contribution in [3.05, 3.63) is 46.5 Å². The molecule has 1 aromatic heterocycles. The zero-order valence-electron chi connectivity index (χ0n) is 14.3. The van der Waals surface area contributed by atoms with Crippen molar-refractivity contribution in [1.82, 2.24) is 14.9 Å². The largest absolute Gasteiger partial charge is 0.497 e. The number of carbonyl (C=O) groups excluding carboxylic acids is 1. The summed E-state index contributed by atoms with van der Waals surface area (Å²) in [5.41, 5.74) is 1.66. The number of aromatic nitrogens is 2. The number of methoxy groups -OCH3 is 1. The number of fused-ring (bicyclic) bond motifs is 1. The number of nitrogens with zero attached hydrogens (tertiary/aromatic N) is 3. The van der Waals surface area contributed by atoms with Crippen LogP contribution in [-0.4, -0.2) is 40.4 Å².